The molecule has 0 atom stereocenters. The van der Waals surface area contributed by atoms with Gasteiger partial charge in [0.25, 0.3) is 0 Å². The third-order valence-electron chi connectivity index (χ3n) is 2.29. The van der Waals surface area contributed by atoms with E-state index in [1.165, 1.54) is 0 Å². The van der Waals surface area contributed by atoms with Gasteiger partial charge in [0.15, 0.2) is 0 Å². The number of rotatable bonds is 4. The van der Waals surface area contributed by atoms with Crippen LogP contribution >= 0.6 is 11.8 Å². The highest BCUT2D eigenvalue weighted by molar-refractivity contribution is 7.99. The Morgan fingerprint density at radius 2 is 1.43 bits per heavy atom. The summed E-state index contributed by atoms with van der Waals surface area (Å²) in [4.78, 5) is 12.9. The number of benzene rings is 2. The quantitative estimate of drug-likeness (QED) is 0.808. The SMILES string of the molecule is CC.CC.O=C(O)Cc1ccccc1Sc1ccccc1. The Bertz CT molecular complexity index is 510. The molecule has 0 aliphatic rings. The summed E-state index contributed by atoms with van der Waals surface area (Å²) in [6.45, 7) is 8.00. The fourth-order valence-corrected chi connectivity index (χ4v) is 2.49. The molecule has 0 spiro atoms. The van der Waals surface area contributed by atoms with E-state index in [-0.39, 0.29) is 6.42 Å². The molecule has 0 bridgehead atoms. The molecule has 0 radical (unpaired) electrons. The van der Waals surface area contributed by atoms with Gasteiger partial charge in [-0.25, -0.2) is 0 Å². The van der Waals surface area contributed by atoms with Crippen molar-refractivity contribution in [3.8, 4) is 0 Å². The molecule has 0 fully saturated rings. The summed E-state index contributed by atoms with van der Waals surface area (Å²) in [5.74, 6) is -0.800. The monoisotopic (exact) mass is 304 g/mol. The smallest absolute Gasteiger partial charge is 0.307 e. The number of carbonyl (C=O) groups is 1. The first kappa shape index (κ1) is 19.3. The standard InChI is InChI=1S/C14H12O2S.2C2H6/c15-14(16)10-11-6-4-5-9-13(11)17-12-7-2-1-3-8-12;2*1-2/h1-9H,10H2,(H,15,16);2*1-2H3. The van der Waals surface area contributed by atoms with Gasteiger partial charge in [-0.05, 0) is 23.8 Å². The summed E-state index contributed by atoms with van der Waals surface area (Å²) in [5, 5.41) is 8.85. The van der Waals surface area contributed by atoms with Crippen molar-refractivity contribution in [3.63, 3.8) is 0 Å². The summed E-state index contributed by atoms with van der Waals surface area (Å²) in [6.07, 6.45) is 0.0655. The average Bonchev–Trinajstić information content (AvgIpc) is 2.54. The molecule has 0 aromatic heterocycles. The Balaban J connectivity index is 0.000000921. The Morgan fingerprint density at radius 1 is 0.905 bits per heavy atom. The minimum atomic E-state index is -0.800. The summed E-state index contributed by atoms with van der Waals surface area (Å²) in [6, 6.07) is 17.6. The average molecular weight is 304 g/mol. The highest BCUT2D eigenvalue weighted by atomic mass is 32.2. The summed E-state index contributed by atoms with van der Waals surface area (Å²) >= 11 is 1.59. The van der Waals surface area contributed by atoms with Crippen molar-refractivity contribution >= 4 is 17.7 Å². The van der Waals surface area contributed by atoms with Crippen LogP contribution in [0, 0.1) is 0 Å². The van der Waals surface area contributed by atoms with Crippen molar-refractivity contribution in [1.82, 2.24) is 0 Å². The first-order valence-electron chi connectivity index (χ1n) is 7.28. The Labute approximate surface area is 132 Å². The highest BCUT2D eigenvalue weighted by Gasteiger charge is 2.07. The third kappa shape index (κ3) is 7.57. The van der Waals surface area contributed by atoms with E-state index in [1.54, 1.807) is 11.8 Å². The maximum atomic E-state index is 10.8. The largest absolute Gasteiger partial charge is 0.481 e. The molecule has 2 aromatic carbocycles. The number of carboxylic acid groups (broad SMARTS) is 1. The van der Waals surface area contributed by atoms with Crippen LogP contribution in [-0.4, -0.2) is 11.1 Å². The lowest BCUT2D eigenvalue weighted by Crippen LogP contribution is -2.01. The minimum Gasteiger partial charge on any atom is -0.481 e. The second kappa shape index (κ2) is 12.0. The van der Waals surface area contributed by atoms with Gasteiger partial charge in [0.1, 0.15) is 0 Å². The highest BCUT2D eigenvalue weighted by Crippen LogP contribution is 2.30. The van der Waals surface area contributed by atoms with Crippen LogP contribution in [-0.2, 0) is 11.2 Å². The van der Waals surface area contributed by atoms with Gasteiger partial charge in [0.05, 0.1) is 6.42 Å². The van der Waals surface area contributed by atoms with Gasteiger partial charge in [0, 0.05) is 9.79 Å². The normalized spacial score (nSPS) is 8.76. The number of aliphatic carboxylic acids is 1. The van der Waals surface area contributed by atoms with E-state index in [4.69, 9.17) is 5.11 Å². The molecule has 2 aromatic rings. The first-order valence-corrected chi connectivity index (χ1v) is 8.10. The topological polar surface area (TPSA) is 37.3 Å². The number of hydrogen-bond acceptors (Lipinski definition) is 2. The van der Waals surface area contributed by atoms with E-state index >= 15 is 0 Å². The molecule has 0 heterocycles. The van der Waals surface area contributed by atoms with Crippen molar-refractivity contribution in [2.45, 2.75) is 43.9 Å². The molecule has 0 aliphatic heterocycles. The minimum absolute atomic E-state index is 0.0655. The molecule has 0 saturated carbocycles. The van der Waals surface area contributed by atoms with Crippen LogP contribution in [0.25, 0.3) is 0 Å². The zero-order valence-electron chi connectivity index (χ0n) is 13.2. The van der Waals surface area contributed by atoms with Crippen molar-refractivity contribution in [1.29, 1.82) is 0 Å². The lowest BCUT2D eigenvalue weighted by Gasteiger charge is -2.06. The van der Waals surface area contributed by atoms with Crippen molar-refractivity contribution in [3.05, 3.63) is 60.2 Å². The van der Waals surface area contributed by atoms with Gasteiger partial charge < -0.3 is 5.11 Å². The van der Waals surface area contributed by atoms with E-state index in [9.17, 15) is 4.79 Å². The third-order valence-corrected chi connectivity index (χ3v) is 3.41. The molecular weight excluding hydrogens is 280 g/mol. The van der Waals surface area contributed by atoms with Gasteiger partial charge in [0.2, 0.25) is 0 Å². The molecule has 0 aliphatic carbocycles. The van der Waals surface area contributed by atoms with E-state index in [0.717, 1.165) is 15.4 Å². The number of carboxylic acids is 1. The van der Waals surface area contributed by atoms with Crippen LogP contribution in [0.3, 0.4) is 0 Å². The summed E-state index contributed by atoms with van der Waals surface area (Å²) in [7, 11) is 0. The number of hydrogen-bond donors (Lipinski definition) is 1. The van der Waals surface area contributed by atoms with Gasteiger partial charge in [-0.2, -0.15) is 0 Å². The molecule has 1 N–H and O–H groups in total. The first-order chi connectivity index (χ1) is 10.3. The van der Waals surface area contributed by atoms with Crippen LogP contribution < -0.4 is 0 Å². The van der Waals surface area contributed by atoms with Crippen LogP contribution in [0.2, 0.25) is 0 Å². The molecule has 2 rings (SSSR count). The lowest BCUT2D eigenvalue weighted by atomic mass is 10.1. The fraction of sp³-hybridized carbons (Fsp3) is 0.278. The molecule has 0 unspecified atom stereocenters. The Morgan fingerprint density at radius 3 is 2.00 bits per heavy atom. The zero-order valence-corrected chi connectivity index (χ0v) is 14.0. The Hall–Kier alpha value is -1.74. The van der Waals surface area contributed by atoms with E-state index in [2.05, 4.69) is 0 Å². The molecule has 0 saturated heterocycles. The molecule has 0 amide bonds. The summed E-state index contributed by atoms with van der Waals surface area (Å²) < 4.78 is 0. The molecule has 114 valence electrons. The predicted octanol–water partition coefficient (Wildman–Crippen LogP) is 5.52. The maximum absolute atomic E-state index is 10.8. The van der Waals surface area contributed by atoms with Crippen LogP contribution in [0.1, 0.15) is 33.3 Å². The lowest BCUT2D eigenvalue weighted by molar-refractivity contribution is -0.136. The van der Waals surface area contributed by atoms with Crippen LogP contribution in [0.15, 0.2) is 64.4 Å². The van der Waals surface area contributed by atoms with Gasteiger partial charge >= 0.3 is 5.97 Å². The summed E-state index contributed by atoms with van der Waals surface area (Å²) in [5.41, 5.74) is 0.855. The van der Waals surface area contributed by atoms with Crippen LogP contribution in [0.4, 0.5) is 0 Å². The van der Waals surface area contributed by atoms with Gasteiger partial charge in [-0.15, -0.1) is 0 Å². The zero-order chi connectivity index (χ0) is 16.1. The second-order valence-corrected chi connectivity index (χ2v) is 4.71. The second-order valence-electron chi connectivity index (χ2n) is 3.59. The van der Waals surface area contributed by atoms with Crippen molar-refractivity contribution in [2.75, 3.05) is 0 Å². The predicted molar refractivity (Wildman–Crippen MR) is 91.0 cm³/mol. The molecule has 21 heavy (non-hydrogen) atoms. The molecule has 3 heteroatoms. The Kier molecular flexibility index (Phi) is 11.0. The molecular formula is C18H24O2S. The van der Waals surface area contributed by atoms with Crippen molar-refractivity contribution < 1.29 is 9.90 Å². The van der Waals surface area contributed by atoms with E-state index in [1.807, 2.05) is 82.3 Å². The fourth-order valence-electron chi connectivity index (χ4n) is 1.53. The van der Waals surface area contributed by atoms with Gasteiger partial charge in [-0.3, -0.25) is 4.79 Å². The van der Waals surface area contributed by atoms with Gasteiger partial charge in [-0.1, -0.05) is 75.9 Å². The van der Waals surface area contributed by atoms with E-state index in [0.29, 0.717) is 0 Å². The van der Waals surface area contributed by atoms with Crippen LogP contribution in [0.5, 0.6) is 0 Å². The maximum Gasteiger partial charge on any atom is 0.307 e. The van der Waals surface area contributed by atoms with E-state index < -0.39 is 5.97 Å². The molecule has 2 nitrogen and oxygen atoms in total. The van der Waals surface area contributed by atoms with Crippen molar-refractivity contribution in [2.24, 2.45) is 0 Å².